The van der Waals surface area contributed by atoms with Crippen molar-refractivity contribution in [3.63, 3.8) is 0 Å². The highest BCUT2D eigenvalue weighted by Crippen LogP contribution is 2.42. The van der Waals surface area contributed by atoms with Gasteiger partial charge in [0.1, 0.15) is 6.10 Å². The van der Waals surface area contributed by atoms with Crippen LogP contribution in [0.15, 0.2) is 0 Å². The average molecular weight is 304 g/mol. The van der Waals surface area contributed by atoms with Crippen molar-refractivity contribution in [2.24, 2.45) is 5.92 Å². The molecule has 118 valence electrons. The van der Waals surface area contributed by atoms with Crippen LogP contribution in [-0.2, 0) is 18.6 Å². The summed E-state index contributed by atoms with van der Waals surface area (Å²) in [6.45, 7) is 14.1. The van der Waals surface area contributed by atoms with Crippen LogP contribution >= 0.6 is 0 Å². The van der Waals surface area contributed by atoms with Crippen LogP contribution in [0.4, 0.5) is 0 Å². The Labute approximate surface area is 127 Å². The predicted molar refractivity (Wildman–Crippen MR) is 81.0 cm³/mol. The lowest BCUT2D eigenvalue weighted by Gasteiger charge is -2.37. The Morgan fingerprint density at radius 2 is 1.85 bits per heavy atom. The molecule has 4 atom stereocenters. The number of hydrogen-bond acceptors (Lipinski definition) is 4. The Balaban J connectivity index is 2.12. The lowest BCUT2D eigenvalue weighted by molar-refractivity contribution is -0.212. The molecule has 20 heavy (non-hydrogen) atoms. The van der Waals surface area contributed by atoms with Gasteiger partial charge in [-0.1, -0.05) is 27.7 Å². The van der Waals surface area contributed by atoms with Crippen LogP contribution in [0.1, 0.15) is 44.3 Å². The minimum absolute atomic E-state index is 0.0624. The zero-order chi connectivity index (χ0) is 17.1. The second-order valence-corrected chi connectivity index (χ2v) is 12.6. The number of rotatable bonds is 3. The van der Waals surface area contributed by atoms with E-state index in [9.17, 15) is 0 Å². The summed E-state index contributed by atoms with van der Waals surface area (Å²) < 4.78 is 40.2. The van der Waals surface area contributed by atoms with Crippen molar-refractivity contribution in [1.29, 1.82) is 0 Å². The average Bonchev–Trinajstić information content (AvgIpc) is 2.70. The molecule has 0 unspecified atom stereocenters. The molecule has 0 amide bonds. The third-order valence-corrected chi connectivity index (χ3v) is 8.84. The first-order valence-electron chi connectivity index (χ1n) is 8.38. The minimum Gasteiger partial charge on any atom is -0.414 e. The van der Waals surface area contributed by atoms with Crippen LogP contribution < -0.4 is 0 Å². The van der Waals surface area contributed by atoms with Gasteiger partial charge >= 0.3 is 0 Å². The fourth-order valence-electron chi connectivity index (χ4n) is 2.15. The van der Waals surface area contributed by atoms with Gasteiger partial charge in [0.2, 0.25) is 0 Å². The lowest BCUT2D eigenvalue weighted by Crippen LogP contribution is -2.43. The largest absolute Gasteiger partial charge is 0.414 e. The molecule has 0 saturated carbocycles. The smallest absolute Gasteiger partial charge is 0.192 e. The highest BCUT2D eigenvalue weighted by Gasteiger charge is 2.53. The fraction of sp³-hybridized carbons (Fsp3) is 1.00. The molecule has 2 saturated heterocycles. The van der Waals surface area contributed by atoms with E-state index in [1.165, 1.54) is 0 Å². The van der Waals surface area contributed by atoms with Crippen LogP contribution in [0.5, 0.6) is 0 Å². The Hall–Kier alpha value is 0.0569. The van der Waals surface area contributed by atoms with Crippen molar-refractivity contribution in [2.45, 2.75) is 84.0 Å². The van der Waals surface area contributed by atoms with Crippen molar-refractivity contribution in [1.82, 2.24) is 0 Å². The molecule has 0 bridgehead atoms. The molecule has 5 heteroatoms. The van der Waals surface area contributed by atoms with E-state index in [1.807, 2.05) is 33.9 Å². The zero-order valence-corrected chi connectivity index (χ0v) is 14.9. The zero-order valence-electron chi connectivity index (χ0n) is 15.9. The minimum atomic E-state index is -2.24. The van der Waals surface area contributed by atoms with E-state index in [-0.39, 0.29) is 17.1 Å². The summed E-state index contributed by atoms with van der Waals surface area (Å²) in [5.74, 6) is -0.812. The highest BCUT2D eigenvalue weighted by atomic mass is 28.4. The quantitative estimate of drug-likeness (QED) is 0.748. The van der Waals surface area contributed by atoms with Crippen molar-refractivity contribution in [3.8, 4) is 0 Å². The van der Waals surface area contributed by atoms with Crippen LogP contribution in [0.2, 0.25) is 18.1 Å². The van der Waals surface area contributed by atoms with Crippen molar-refractivity contribution < 1.29 is 21.4 Å². The monoisotopic (exact) mass is 304 g/mol. The summed E-state index contributed by atoms with van der Waals surface area (Å²) in [5.41, 5.74) is 0. The molecular weight excluding hydrogens is 272 g/mol. The fourth-order valence-corrected chi connectivity index (χ4v) is 2.87. The molecule has 0 aromatic rings. The van der Waals surface area contributed by atoms with Crippen molar-refractivity contribution >= 4 is 8.32 Å². The molecule has 2 heterocycles. The summed E-state index contributed by atoms with van der Waals surface area (Å²) >= 11 is 0. The number of fused-ring (bicyclic) bond motifs is 1. The Morgan fingerprint density at radius 3 is 2.35 bits per heavy atom. The SMILES string of the molecule is [2H]C([2H])(O[Si](C)(C)C(C)(C)C)[C@H]1O[C@@H]2OC(C)(C)O[C@@H]2[C@@H]1C. The normalized spacial score (nSPS) is 39.4. The van der Waals surface area contributed by atoms with E-state index in [2.05, 4.69) is 20.8 Å². The van der Waals surface area contributed by atoms with Gasteiger partial charge in [-0.05, 0) is 32.0 Å². The van der Waals surface area contributed by atoms with Crippen LogP contribution in [0, 0.1) is 5.92 Å². The molecule has 0 aromatic heterocycles. The first-order chi connectivity index (χ1) is 9.66. The summed E-state index contributed by atoms with van der Waals surface area (Å²) in [5, 5.41) is -0.0624. The Morgan fingerprint density at radius 1 is 1.25 bits per heavy atom. The molecule has 2 fully saturated rings. The maximum Gasteiger partial charge on any atom is 0.192 e. The summed E-state index contributed by atoms with van der Waals surface area (Å²) in [7, 11) is -2.24. The molecule has 2 rings (SSSR count). The second kappa shape index (κ2) is 5.06. The summed E-state index contributed by atoms with van der Waals surface area (Å²) in [6, 6.07) is 0. The Bertz CT molecular complexity index is 434. The summed E-state index contributed by atoms with van der Waals surface area (Å²) in [6.07, 6.45) is -1.46. The van der Waals surface area contributed by atoms with Gasteiger partial charge in [0, 0.05) is 5.92 Å². The van der Waals surface area contributed by atoms with Gasteiger partial charge < -0.3 is 18.6 Å². The molecule has 2 aliphatic rings. The van der Waals surface area contributed by atoms with E-state index >= 15 is 0 Å². The topological polar surface area (TPSA) is 36.9 Å². The molecule has 0 radical (unpaired) electrons. The van der Waals surface area contributed by atoms with Gasteiger partial charge in [-0.3, -0.25) is 0 Å². The van der Waals surface area contributed by atoms with Gasteiger partial charge in [0.05, 0.1) is 15.4 Å². The maximum absolute atomic E-state index is 8.41. The third-order valence-electron chi connectivity index (χ3n) is 4.60. The van der Waals surface area contributed by atoms with Gasteiger partial charge in [0.25, 0.3) is 0 Å². The molecule has 0 N–H and O–H groups in total. The maximum atomic E-state index is 8.41. The molecule has 2 aliphatic heterocycles. The summed E-state index contributed by atoms with van der Waals surface area (Å²) in [4.78, 5) is 0. The van der Waals surface area contributed by atoms with Gasteiger partial charge in [-0.25, -0.2) is 0 Å². The second-order valence-electron chi connectivity index (χ2n) is 7.86. The molecule has 0 spiro atoms. The van der Waals surface area contributed by atoms with Crippen LogP contribution in [0.25, 0.3) is 0 Å². The molecule has 0 aromatic carbocycles. The van der Waals surface area contributed by atoms with Gasteiger partial charge in [-0.15, -0.1) is 0 Å². The van der Waals surface area contributed by atoms with E-state index < -0.39 is 33.1 Å². The van der Waals surface area contributed by atoms with E-state index in [0.29, 0.717) is 0 Å². The van der Waals surface area contributed by atoms with E-state index in [4.69, 9.17) is 21.4 Å². The standard InChI is InChI=1S/C15H30O4Si/c1-10-11(9-16-20(7,8)14(2,3)4)17-13-12(10)18-15(5,6)19-13/h10-13H,9H2,1-8H3/t10-,11-,12-,13-/m1/s1/i9D2. The highest BCUT2D eigenvalue weighted by molar-refractivity contribution is 6.74. The lowest BCUT2D eigenvalue weighted by atomic mass is 10.0. The number of hydrogen-bond donors (Lipinski definition) is 0. The van der Waals surface area contributed by atoms with Crippen LogP contribution in [0.3, 0.4) is 0 Å². The number of ether oxygens (including phenoxy) is 3. The first-order valence-corrected chi connectivity index (χ1v) is 10.3. The van der Waals surface area contributed by atoms with Crippen molar-refractivity contribution in [3.05, 3.63) is 0 Å². The third kappa shape index (κ3) is 3.12. The first kappa shape index (κ1) is 13.7. The van der Waals surface area contributed by atoms with Gasteiger partial charge in [0.15, 0.2) is 20.4 Å². The molecule has 0 aliphatic carbocycles. The van der Waals surface area contributed by atoms with Crippen LogP contribution in [-0.4, -0.2) is 39.2 Å². The van der Waals surface area contributed by atoms with Crippen molar-refractivity contribution in [2.75, 3.05) is 6.56 Å². The predicted octanol–water partition coefficient (Wildman–Crippen LogP) is 3.52. The van der Waals surface area contributed by atoms with Gasteiger partial charge in [-0.2, -0.15) is 0 Å². The molecular formula is C15H30O4Si. The molecule has 4 nitrogen and oxygen atoms in total. The van der Waals surface area contributed by atoms with E-state index in [1.54, 1.807) is 0 Å². The van der Waals surface area contributed by atoms with E-state index in [0.717, 1.165) is 0 Å². The Kier molecular flexibility index (Phi) is 3.46.